The van der Waals surface area contributed by atoms with Gasteiger partial charge in [-0.15, -0.1) is 0 Å². The van der Waals surface area contributed by atoms with E-state index in [1.54, 1.807) is 6.92 Å². The summed E-state index contributed by atoms with van der Waals surface area (Å²) in [6.07, 6.45) is -0.431. The van der Waals surface area contributed by atoms with Gasteiger partial charge in [-0.05, 0) is 35.6 Å². The second-order valence-corrected chi connectivity index (χ2v) is 6.11. The molecule has 2 heterocycles. The summed E-state index contributed by atoms with van der Waals surface area (Å²) in [5, 5.41) is 14.4. The molecule has 0 radical (unpaired) electrons. The van der Waals surface area contributed by atoms with Crippen molar-refractivity contribution in [1.29, 1.82) is 0 Å². The molecule has 23 heavy (non-hydrogen) atoms. The normalized spacial score (nSPS) is 25.4. The van der Waals surface area contributed by atoms with Gasteiger partial charge in [0, 0.05) is 6.04 Å². The molecule has 0 saturated carbocycles. The Morgan fingerprint density at radius 2 is 1.96 bits per heavy atom. The van der Waals surface area contributed by atoms with Gasteiger partial charge in [0.1, 0.15) is 5.54 Å². The van der Waals surface area contributed by atoms with E-state index < -0.39 is 17.6 Å². The van der Waals surface area contributed by atoms with Crippen molar-refractivity contribution in [2.24, 2.45) is 0 Å². The Labute approximate surface area is 135 Å². The number of fused-ring (bicyclic) bond motifs is 7. The molecule has 2 aromatic rings. The van der Waals surface area contributed by atoms with Gasteiger partial charge in [-0.3, -0.25) is 5.32 Å². The molecule has 118 valence electrons. The van der Waals surface area contributed by atoms with Crippen LogP contribution in [0.15, 0.2) is 48.5 Å². The molecule has 2 bridgehead atoms. The number of hydrogen-bond donors (Lipinski definition) is 2. The van der Waals surface area contributed by atoms with Gasteiger partial charge in [0.25, 0.3) is 0 Å². The van der Waals surface area contributed by atoms with Crippen LogP contribution in [0.4, 0.5) is 0 Å². The third-order valence-corrected chi connectivity index (χ3v) is 4.95. The number of carbonyl (C=O) groups excluding carboxylic acids is 1. The van der Waals surface area contributed by atoms with Crippen molar-refractivity contribution in [2.75, 3.05) is 6.61 Å². The maximum absolute atomic E-state index is 12.3. The number of aliphatic hydroxyl groups excluding tert-OH is 1. The van der Waals surface area contributed by atoms with Crippen molar-refractivity contribution in [3.8, 4) is 0 Å². The summed E-state index contributed by atoms with van der Waals surface area (Å²) >= 11 is 0. The Morgan fingerprint density at radius 1 is 1.26 bits per heavy atom. The average Bonchev–Trinajstić information content (AvgIpc) is 2.86. The van der Waals surface area contributed by atoms with E-state index in [9.17, 15) is 9.90 Å². The van der Waals surface area contributed by atoms with Crippen molar-refractivity contribution >= 4 is 5.97 Å². The van der Waals surface area contributed by atoms with Crippen LogP contribution in [-0.4, -0.2) is 23.8 Å². The lowest BCUT2D eigenvalue weighted by atomic mass is 9.76. The fourth-order valence-corrected chi connectivity index (χ4v) is 4.05. The van der Waals surface area contributed by atoms with E-state index in [-0.39, 0.29) is 12.6 Å². The molecule has 0 saturated heterocycles. The molecular formula is C19H19NO3. The SMILES string of the molecule is CCOC(=O)C(O)[C@]12NC(Cc3ccccc31)c1ccccc12. The Balaban J connectivity index is 1.95. The molecule has 0 amide bonds. The molecule has 2 unspecified atom stereocenters. The van der Waals surface area contributed by atoms with E-state index >= 15 is 0 Å². The van der Waals surface area contributed by atoms with Crippen LogP contribution in [0.3, 0.4) is 0 Å². The molecule has 4 rings (SSSR count). The van der Waals surface area contributed by atoms with Gasteiger partial charge in [-0.2, -0.15) is 0 Å². The number of carbonyl (C=O) groups is 1. The minimum atomic E-state index is -1.28. The van der Waals surface area contributed by atoms with Gasteiger partial charge >= 0.3 is 5.97 Å². The number of benzene rings is 2. The van der Waals surface area contributed by atoms with Gasteiger partial charge in [0.05, 0.1) is 6.61 Å². The Bertz CT molecular complexity index is 760. The van der Waals surface area contributed by atoms with E-state index in [0.29, 0.717) is 0 Å². The zero-order valence-corrected chi connectivity index (χ0v) is 13.0. The van der Waals surface area contributed by atoms with Crippen LogP contribution in [0.1, 0.15) is 35.2 Å². The fourth-order valence-electron chi connectivity index (χ4n) is 4.05. The highest BCUT2D eigenvalue weighted by molar-refractivity contribution is 5.79. The highest BCUT2D eigenvalue weighted by atomic mass is 16.5. The minimum Gasteiger partial charge on any atom is -0.464 e. The van der Waals surface area contributed by atoms with Gasteiger partial charge in [0.2, 0.25) is 0 Å². The van der Waals surface area contributed by atoms with Crippen molar-refractivity contribution in [1.82, 2.24) is 5.32 Å². The number of aliphatic hydroxyl groups is 1. The second-order valence-electron chi connectivity index (χ2n) is 6.11. The third-order valence-electron chi connectivity index (χ3n) is 4.95. The third kappa shape index (κ3) is 1.89. The van der Waals surface area contributed by atoms with Crippen LogP contribution in [0.5, 0.6) is 0 Å². The molecule has 0 aliphatic carbocycles. The monoisotopic (exact) mass is 309 g/mol. The fraction of sp³-hybridized carbons (Fsp3) is 0.316. The number of esters is 1. The van der Waals surface area contributed by atoms with Crippen LogP contribution < -0.4 is 5.32 Å². The smallest absolute Gasteiger partial charge is 0.337 e. The molecule has 2 aliphatic heterocycles. The maximum Gasteiger partial charge on any atom is 0.337 e. The van der Waals surface area contributed by atoms with Crippen molar-refractivity contribution in [3.05, 3.63) is 70.8 Å². The Kier molecular flexibility index (Phi) is 3.25. The highest BCUT2D eigenvalue weighted by Gasteiger charge is 2.55. The van der Waals surface area contributed by atoms with Crippen LogP contribution in [0, 0.1) is 0 Å². The number of nitrogens with one attached hydrogen (secondary N) is 1. The summed E-state index contributed by atoms with van der Waals surface area (Å²) in [6, 6.07) is 16.1. The molecule has 3 atom stereocenters. The predicted octanol–water partition coefficient (Wildman–Crippen LogP) is 2.05. The van der Waals surface area contributed by atoms with E-state index in [1.807, 2.05) is 36.4 Å². The molecule has 0 fully saturated rings. The first-order valence-corrected chi connectivity index (χ1v) is 7.98. The summed E-state index contributed by atoms with van der Waals surface area (Å²) < 4.78 is 5.10. The summed E-state index contributed by atoms with van der Waals surface area (Å²) in [5.41, 5.74) is 3.31. The van der Waals surface area contributed by atoms with Crippen LogP contribution in [0.25, 0.3) is 0 Å². The van der Waals surface area contributed by atoms with Crippen LogP contribution in [0.2, 0.25) is 0 Å². The average molecular weight is 309 g/mol. The van der Waals surface area contributed by atoms with Crippen LogP contribution in [-0.2, 0) is 21.5 Å². The first kappa shape index (κ1) is 14.4. The molecule has 2 aliphatic rings. The molecule has 0 spiro atoms. The van der Waals surface area contributed by atoms with Crippen molar-refractivity contribution < 1.29 is 14.6 Å². The Hall–Kier alpha value is -2.17. The molecular weight excluding hydrogens is 290 g/mol. The zero-order chi connectivity index (χ0) is 16.0. The first-order chi connectivity index (χ1) is 11.2. The van der Waals surface area contributed by atoms with E-state index in [4.69, 9.17) is 4.74 Å². The van der Waals surface area contributed by atoms with Gasteiger partial charge in [-0.1, -0.05) is 48.5 Å². The van der Waals surface area contributed by atoms with E-state index in [2.05, 4.69) is 17.4 Å². The van der Waals surface area contributed by atoms with E-state index in [0.717, 1.165) is 28.7 Å². The second kappa shape index (κ2) is 5.18. The zero-order valence-electron chi connectivity index (χ0n) is 13.0. The molecule has 2 N–H and O–H groups in total. The quantitative estimate of drug-likeness (QED) is 0.852. The topological polar surface area (TPSA) is 58.6 Å². The Morgan fingerprint density at radius 3 is 2.74 bits per heavy atom. The molecule has 2 aromatic carbocycles. The summed E-state index contributed by atoms with van der Waals surface area (Å²) in [6.45, 7) is 1.99. The van der Waals surface area contributed by atoms with Gasteiger partial charge in [-0.25, -0.2) is 4.79 Å². The van der Waals surface area contributed by atoms with Crippen LogP contribution >= 0.6 is 0 Å². The summed E-state index contributed by atoms with van der Waals surface area (Å²) in [4.78, 5) is 12.3. The largest absolute Gasteiger partial charge is 0.464 e. The molecule has 0 aromatic heterocycles. The maximum atomic E-state index is 12.3. The van der Waals surface area contributed by atoms with Crippen molar-refractivity contribution in [3.63, 3.8) is 0 Å². The van der Waals surface area contributed by atoms with E-state index in [1.165, 1.54) is 0 Å². The lowest BCUT2D eigenvalue weighted by molar-refractivity contribution is -0.157. The van der Waals surface area contributed by atoms with Crippen molar-refractivity contribution in [2.45, 2.75) is 31.0 Å². The number of rotatable bonds is 3. The van der Waals surface area contributed by atoms with Gasteiger partial charge in [0.15, 0.2) is 6.10 Å². The lowest BCUT2D eigenvalue weighted by Gasteiger charge is -2.40. The standard InChI is InChI=1S/C19H19NO3/c1-2-23-18(22)17(21)19-14-9-5-3-7-12(14)11-16(20-19)13-8-4-6-10-15(13)19/h3-10,16-17,20-21H,2,11H2,1H3/t16?,17?,19-/m0/s1. The van der Waals surface area contributed by atoms with Gasteiger partial charge < -0.3 is 9.84 Å². The highest BCUT2D eigenvalue weighted by Crippen LogP contribution is 2.50. The number of ether oxygens (including phenoxy) is 1. The molecule has 4 heteroatoms. The number of hydrogen-bond acceptors (Lipinski definition) is 4. The molecule has 4 nitrogen and oxygen atoms in total. The predicted molar refractivity (Wildman–Crippen MR) is 85.9 cm³/mol. The summed E-state index contributed by atoms with van der Waals surface area (Å²) in [7, 11) is 0. The minimum absolute atomic E-state index is 0.102. The summed E-state index contributed by atoms with van der Waals surface area (Å²) in [5.74, 6) is -0.591. The first-order valence-electron chi connectivity index (χ1n) is 7.98. The lowest BCUT2D eigenvalue weighted by Crippen LogP contribution is -2.55.